The molecule has 20 heavy (non-hydrogen) atoms. The Bertz CT molecular complexity index is 567. The van der Waals surface area contributed by atoms with Crippen molar-refractivity contribution in [3.63, 3.8) is 0 Å². The molecule has 106 valence electrons. The van der Waals surface area contributed by atoms with Crippen molar-refractivity contribution in [2.75, 3.05) is 6.54 Å². The molecule has 0 radical (unpaired) electrons. The summed E-state index contributed by atoms with van der Waals surface area (Å²) < 4.78 is 1.87. The van der Waals surface area contributed by atoms with Crippen molar-refractivity contribution < 1.29 is 0 Å². The summed E-state index contributed by atoms with van der Waals surface area (Å²) >= 11 is 0. The number of hydrogen-bond acceptors (Lipinski definition) is 2. The standard InChI is InChI=1S/C17H23N3/c1-13-5-3-4-6-17(13)14-11-16(12-14)18-9-7-15-8-10-20(2)19-15/h3-6,8,10,14,16,18H,7,9,11-12H2,1-2H3. The maximum Gasteiger partial charge on any atom is 0.0637 e. The molecule has 1 fully saturated rings. The van der Waals surface area contributed by atoms with E-state index in [1.165, 1.54) is 29.7 Å². The van der Waals surface area contributed by atoms with Crippen LogP contribution in [0.25, 0.3) is 0 Å². The van der Waals surface area contributed by atoms with Gasteiger partial charge in [0, 0.05) is 32.3 Å². The molecule has 0 aliphatic heterocycles. The average molecular weight is 269 g/mol. The van der Waals surface area contributed by atoms with E-state index in [1.54, 1.807) is 0 Å². The molecule has 1 heterocycles. The first kappa shape index (κ1) is 13.4. The molecule has 1 aromatic heterocycles. The zero-order valence-electron chi connectivity index (χ0n) is 12.3. The second kappa shape index (κ2) is 5.80. The molecular weight excluding hydrogens is 246 g/mol. The molecule has 0 bridgehead atoms. The van der Waals surface area contributed by atoms with E-state index in [-0.39, 0.29) is 0 Å². The highest BCUT2D eigenvalue weighted by Gasteiger charge is 2.30. The van der Waals surface area contributed by atoms with Gasteiger partial charge in [-0.1, -0.05) is 24.3 Å². The Morgan fingerprint density at radius 3 is 2.75 bits per heavy atom. The zero-order chi connectivity index (χ0) is 13.9. The smallest absolute Gasteiger partial charge is 0.0637 e. The molecule has 0 amide bonds. The van der Waals surface area contributed by atoms with E-state index in [0.29, 0.717) is 6.04 Å². The Balaban J connectivity index is 1.41. The fourth-order valence-electron chi connectivity index (χ4n) is 3.08. The topological polar surface area (TPSA) is 29.9 Å². The lowest BCUT2D eigenvalue weighted by molar-refractivity contribution is 0.292. The van der Waals surface area contributed by atoms with E-state index >= 15 is 0 Å². The van der Waals surface area contributed by atoms with Gasteiger partial charge in [-0.25, -0.2) is 0 Å². The van der Waals surface area contributed by atoms with Crippen molar-refractivity contribution in [1.82, 2.24) is 15.1 Å². The molecule has 0 unspecified atom stereocenters. The summed E-state index contributed by atoms with van der Waals surface area (Å²) in [5.74, 6) is 0.753. The molecule has 2 aromatic rings. The van der Waals surface area contributed by atoms with Gasteiger partial charge in [0.15, 0.2) is 0 Å². The quantitative estimate of drug-likeness (QED) is 0.904. The third-order valence-corrected chi connectivity index (χ3v) is 4.35. The van der Waals surface area contributed by atoms with E-state index in [0.717, 1.165) is 18.9 Å². The molecule has 3 rings (SSSR count). The number of hydrogen-bond donors (Lipinski definition) is 1. The molecule has 1 saturated carbocycles. The number of aryl methyl sites for hydroxylation is 2. The van der Waals surface area contributed by atoms with Gasteiger partial charge in [-0.2, -0.15) is 5.10 Å². The Morgan fingerprint density at radius 1 is 1.25 bits per heavy atom. The number of aromatic nitrogens is 2. The van der Waals surface area contributed by atoms with Crippen molar-refractivity contribution in [3.8, 4) is 0 Å². The van der Waals surface area contributed by atoms with Crippen molar-refractivity contribution >= 4 is 0 Å². The van der Waals surface area contributed by atoms with Gasteiger partial charge in [0.2, 0.25) is 0 Å². The molecule has 1 aromatic carbocycles. The van der Waals surface area contributed by atoms with E-state index < -0.39 is 0 Å². The predicted molar refractivity (Wildman–Crippen MR) is 81.9 cm³/mol. The highest BCUT2D eigenvalue weighted by molar-refractivity contribution is 5.31. The van der Waals surface area contributed by atoms with Gasteiger partial charge in [0.25, 0.3) is 0 Å². The number of nitrogens with one attached hydrogen (secondary N) is 1. The largest absolute Gasteiger partial charge is 0.314 e. The maximum atomic E-state index is 4.40. The lowest BCUT2D eigenvalue weighted by Crippen LogP contribution is -2.41. The SMILES string of the molecule is Cc1ccccc1C1CC(NCCc2ccn(C)n2)C1. The van der Waals surface area contributed by atoms with Crippen LogP contribution in [0, 0.1) is 6.92 Å². The van der Waals surface area contributed by atoms with Gasteiger partial charge >= 0.3 is 0 Å². The molecular formula is C17H23N3. The lowest BCUT2D eigenvalue weighted by Gasteiger charge is -2.37. The van der Waals surface area contributed by atoms with Crippen LogP contribution in [0.3, 0.4) is 0 Å². The number of benzene rings is 1. The van der Waals surface area contributed by atoms with Crippen LogP contribution in [0.2, 0.25) is 0 Å². The van der Waals surface area contributed by atoms with Crippen molar-refractivity contribution in [2.24, 2.45) is 7.05 Å². The minimum Gasteiger partial charge on any atom is -0.314 e. The Hall–Kier alpha value is -1.61. The summed E-state index contributed by atoms with van der Waals surface area (Å²) in [6.45, 7) is 3.25. The molecule has 0 spiro atoms. The highest BCUT2D eigenvalue weighted by atomic mass is 15.2. The maximum absolute atomic E-state index is 4.40. The summed E-state index contributed by atoms with van der Waals surface area (Å²) in [6.07, 6.45) is 5.57. The van der Waals surface area contributed by atoms with Crippen LogP contribution in [0.1, 0.15) is 35.6 Å². The Kier molecular flexibility index (Phi) is 3.88. The molecule has 0 atom stereocenters. The van der Waals surface area contributed by atoms with Gasteiger partial charge in [0.05, 0.1) is 5.69 Å². The van der Waals surface area contributed by atoms with Crippen molar-refractivity contribution in [1.29, 1.82) is 0 Å². The van der Waals surface area contributed by atoms with Crippen LogP contribution in [0.15, 0.2) is 36.5 Å². The predicted octanol–water partition coefficient (Wildman–Crippen LogP) is 2.81. The number of rotatable bonds is 5. The zero-order valence-corrected chi connectivity index (χ0v) is 12.3. The molecule has 0 saturated heterocycles. The molecule has 1 N–H and O–H groups in total. The van der Waals surface area contributed by atoms with Crippen LogP contribution in [0.4, 0.5) is 0 Å². The van der Waals surface area contributed by atoms with Crippen LogP contribution < -0.4 is 5.32 Å². The summed E-state index contributed by atoms with van der Waals surface area (Å²) in [4.78, 5) is 0. The lowest BCUT2D eigenvalue weighted by atomic mass is 9.74. The summed E-state index contributed by atoms with van der Waals surface area (Å²) in [6, 6.07) is 11.6. The minimum atomic E-state index is 0.684. The molecule has 1 aliphatic carbocycles. The molecule has 3 nitrogen and oxygen atoms in total. The average Bonchev–Trinajstić information content (AvgIpc) is 2.79. The number of nitrogens with zero attached hydrogens (tertiary/aromatic N) is 2. The first-order chi connectivity index (χ1) is 9.72. The third kappa shape index (κ3) is 2.93. The van der Waals surface area contributed by atoms with Gasteiger partial charge in [0.1, 0.15) is 0 Å². The summed E-state index contributed by atoms with van der Waals surface area (Å²) in [5, 5.41) is 8.05. The van der Waals surface area contributed by atoms with Crippen molar-refractivity contribution in [2.45, 2.75) is 38.1 Å². The second-order valence-corrected chi connectivity index (χ2v) is 5.91. The normalized spacial score (nSPS) is 21.7. The van der Waals surface area contributed by atoms with Crippen LogP contribution in [-0.4, -0.2) is 22.4 Å². The molecule has 3 heteroatoms. The molecule has 1 aliphatic rings. The monoisotopic (exact) mass is 269 g/mol. The Morgan fingerprint density at radius 2 is 2.05 bits per heavy atom. The van der Waals surface area contributed by atoms with E-state index in [1.807, 2.05) is 17.9 Å². The van der Waals surface area contributed by atoms with Crippen LogP contribution in [0.5, 0.6) is 0 Å². The van der Waals surface area contributed by atoms with Gasteiger partial charge in [-0.15, -0.1) is 0 Å². The Labute approximate surface area is 121 Å². The van der Waals surface area contributed by atoms with Gasteiger partial charge in [-0.05, 0) is 42.9 Å². The summed E-state index contributed by atoms with van der Waals surface area (Å²) in [5.41, 5.74) is 4.15. The van der Waals surface area contributed by atoms with Crippen molar-refractivity contribution in [3.05, 3.63) is 53.3 Å². The minimum absolute atomic E-state index is 0.684. The van der Waals surface area contributed by atoms with E-state index in [2.05, 4.69) is 47.7 Å². The van der Waals surface area contributed by atoms with Crippen LogP contribution >= 0.6 is 0 Å². The second-order valence-electron chi connectivity index (χ2n) is 5.91. The first-order valence-electron chi connectivity index (χ1n) is 7.50. The fraction of sp³-hybridized carbons (Fsp3) is 0.471. The fourth-order valence-corrected chi connectivity index (χ4v) is 3.08. The van der Waals surface area contributed by atoms with Crippen LogP contribution in [-0.2, 0) is 13.5 Å². The van der Waals surface area contributed by atoms with Gasteiger partial charge < -0.3 is 5.32 Å². The third-order valence-electron chi connectivity index (χ3n) is 4.35. The van der Waals surface area contributed by atoms with Gasteiger partial charge in [-0.3, -0.25) is 4.68 Å². The van der Waals surface area contributed by atoms with E-state index in [9.17, 15) is 0 Å². The summed E-state index contributed by atoms with van der Waals surface area (Å²) in [7, 11) is 1.97. The highest BCUT2D eigenvalue weighted by Crippen LogP contribution is 2.38. The first-order valence-corrected chi connectivity index (χ1v) is 7.50. The van der Waals surface area contributed by atoms with E-state index in [4.69, 9.17) is 0 Å².